The number of benzene rings is 1. The molecule has 0 bridgehead atoms. The third-order valence-corrected chi connectivity index (χ3v) is 6.98. The fraction of sp³-hybridized carbons (Fsp3) is 0.654. The Bertz CT molecular complexity index is 1090. The molecule has 2 aliphatic rings. The Labute approximate surface area is 240 Å². The molecular formula is C26H38N2O14. The molecule has 3 rings (SSSR count). The molecule has 16 heteroatoms. The summed E-state index contributed by atoms with van der Waals surface area (Å²) in [5.74, 6) is -5.39. The van der Waals surface area contributed by atoms with Crippen molar-refractivity contribution in [3.05, 3.63) is 29.8 Å². The van der Waals surface area contributed by atoms with Gasteiger partial charge in [-0.05, 0) is 19.1 Å². The summed E-state index contributed by atoms with van der Waals surface area (Å²) in [5.41, 5.74) is 0.926. The lowest BCUT2D eigenvalue weighted by molar-refractivity contribution is -0.331. The fourth-order valence-corrected chi connectivity index (χ4v) is 4.66. The molecule has 11 atom stereocenters. The fourth-order valence-electron chi connectivity index (χ4n) is 4.66. The third-order valence-electron chi connectivity index (χ3n) is 6.98. The maximum atomic E-state index is 12.4. The number of ether oxygens (including phenoxy) is 4. The monoisotopic (exact) mass is 602 g/mol. The third kappa shape index (κ3) is 7.91. The summed E-state index contributed by atoms with van der Waals surface area (Å²) in [6.45, 7) is 2.87. The van der Waals surface area contributed by atoms with Gasteiger partial charge in [-0.25, -0.2) is 4.79 Å². The van der Waals surface area contributed by atoms with Crippen LogP contribution in [0.25, 0.3) is 0 Å². The van der Waals surface area contributed by atoms with E-state index < -0.39 is 104 Å². The van der Waals surface area contributed by atoms with Gasteiger partial charge in [-0.3, -0.25) is 9.59 Å². The summed E-state index contributed by atoms with van der Waals surface area (Å²) in [5, 5.41) is 78.1. The van der Waals surface area contributed by atoms with E-state index in [9.17, 15) is 50.1 Å². The number of carbonyl (C=O) groups excluding carboxylic acids is 2. The molecule has 0 radical (unpaired) electrons. The number of hydrogen-bond donors (Lipinski definition) is 9. The molecule has 3 unspecified atom stereocenters. The van der Waals surface area contributed by atoms with Crippen LogP contribution in [0.1, 0.15) is 25.8 Å². The first-order valence-electron chi connectivity index (χ1n) is 13.2. The van der Waals surface area contributed by atoms with E-state index in [-0.39, 0.29) is 5.75 Å². The summed E-state index contributed by atoms with van der Waals surface area (Å²) in [4.78, 5) is 35.5. The minimum Gasteiger partial charge on any atom is -0.477 e. The second-order valence-electron chi connectivity index (χ2n) is 10.4. The van der Waals surface area contributed by atoms with Gasteiger partial charge in [0.15, 0.2) is 0 Å². The van der Waals surface area contributed by atoms with Crippen molar-refractivity contribution in [1.29, 1.82) is 0 Å². The highest BCUT2D eigenvalue weighted by molar-refractivity contribution is 5.76. The van der Waals surface area contributed by atoms with E-state index in [0.29, 0.717) is 0 Å². The summed E-state index contributed by atoms with van der Waals surface area (Å²) in [6, 6.07) is 5.22. The Kier molecular flexibility index (Phi) is 11.2. The number of carboxylic acid groups (broad SMARTS) is 1. The van der Waals surface area contributed by atoms with E-state index in [1.165, 1.54) is 0 Å². The number of hydrogen-bond acceptors (Lipinski definition) is 13. The van der Waals surface area contributed by atoms with E-state index in [4.69, 9.17) is 18.9 Å². The molecule has 2 fully saturated rings. The van der Waals surface area contributed by atoms with Gasteiger partial charge in [0, 0.05) is 26.8 Å². The molecule has 2 heterocycles. The second-order valence-corrected chi connectivity index (χ2v) is 10.4. The minimum absolute atomic E-state index is 0.271. The molecule has 236 valence electrons. The SMILES string of the molecule is CC(=O)NC[C@@H](O)[C@@H](O)C1O[C@@](OCC2O[C@@H](Oc3ccc(C)cc3)C(O)[C@@H](O)[C@H]2O)(C(=O)O)C[C@@H](O)[C@H]1NC(C)=O. The Balaban J connectivity index is 1.81. The van der Waals surface area contributed by atoms with Crippen molar-refractivity contribution >= 4 is 17.8 Å². The summed E-state index contributed by atoms with van der Waals surface area (Å²) >= 11 is 0. The zero-order chi connectivity index (χ0) is 31.4. The van der Waals surface area contributed by atoms with Gasteiger partial charge in [-0.15, -0.1) is 0 Å². The summed E-state index contributed by atoms with van der Waals surface area (Å²) in [7, 11) is 0. The Morgan fingerprint density at radius 2 is 1.67 bits per heavy atom. The van der Waals surface area contributed by atoms with Crippen molar-refractivity contribution in [2.45, 2.75) is 94.1 Å². The predicted molar refractivity (Wildman–Crippen MR) is 139 cm³/mol. The lowest BCUT2D eigenvalue weighted by Crippen LogP contribution is -2.68. The largest absolute Gasteiger partial charge is 0.477 e. The number of nitrogens with one attached hydrogen (secondary N) is 2. The molecule has 2 saturated heterocycles. The number of rotatable bonds is 11. The molecule has 0 aliphatic carbocycles. The topological polar surface area (TPSA) is 254 Å². The first-order valence-corrected chi connectivity index (χ1v) is 13.2. The normalized spacial score (nSPS) is 34.6. The van der Waals surface area contributed by atoms with Crippen LogP contribution in [0.2, 0.25) is 0 Å². The van der Waals surface area contributed by atoms with Crippen LogP contribution in [0.15, 0.2) is 24.3 Å². The molecular weight excluding hydrogens is 564 g/mol. The van der Waals surface area contributed by atoms with Gasteiger partial charge in [0.2, 0.25) is 18.1 Å². The quantitative estimate of drug-likeness (QED) is 0.119. The van der Waals surface area contributed by atoms with Crippen LogP contribution in [-0.2, 0) is 28.6 Å². The van der Waals surface area contributed by atoms with Crippen LogP contribution in [0.5, 0.6) is 5.75 Å². The Morgan fingerprint density at radius 1 is 1.02 bits per heavy atom. The minimum atomic E-state index is -2.70. The number of aliphatic hydroxyl groups is 6. The van der Waals surface area contributed by atoms with Crippen molar-refractivity contribution in [2.24, 2.45) is 0 Å². The molecule has 0 aromatic heterocycles. The molecule has 1 aromatic rings. The number of aliphatic carboxylic acids is 1. The van der Waals surface area contributed by atoms with Gasteiger partial charge in [-0.2, -0.15) is 0 Å². The van der Waals surface area contributed by atoms with E-state index in [1.54, 1.807) is 24.3 Å². The Morgan fingerprint density at radius 3 is 2.24 bits per heavy atom. The van der Waals surface area contributed by atoms with Crippen LogP contribution in [0, 0.1) is 6.92 Å². The lowest BCUT2D eigenvalue weighted by atomic mass is 9.88. The standard InChI is InChI=1S/C26H38N2O14/c1-11-4-6-14(7-5-11)40-24-22(36)21(35)20(34)17(41-24)10-39-26(25(37)38)8-15(31)18(28-13(3)30)23(42-26)19(33)16(32)9-27-12(2)29/h4-7,15-24,31-36H,8-10H2,1-3H3,(H,27,29)(H,28,30)(H,37,38)/t15-,16-,17?,18-,19-,20+,21+,22?,23?,24-,26-/m1/s1. The highest BCUT2D eigenvalue weighted by Crippen LogP contribution is 2.35. The maximum Gasteiger partial charge on any atom is 0.364 e. The van der Waals surface area contributed by atoms with Gasteiger partial charge < -0.3 is 65.3 Å². The van der Waals surface area contributed by atoms with E-state index in [1.807, 2.05) is 6.92 Å². The summed E-state index contributed by atoms with van der Waals surface area (Å²) < 4.78 is 22.3. The average molecular weight is 603 g/mol. The average Bonchev–Trinajstić information content (AvgIpc) is 2.93. The predicted octanol–water partition coefficient (Wildman–Crippen LogP) is -3.51. The van der Waals surface area contributed by atoms with Gasteiger partial charge >= 0.3 is 5.97 Å². The van der Waals surface area contributed by atoms with Gasteiger partial charge in [-0.1, -0.05) is 17.7 Å². The smallest absolute Gasteiger partial charge is 0.364 e. The van der Waals surface area contributed by atoms with E-state index in [0.717, 1.165) is 19.4 Å². The zero-order valence-electron chi connectivity index (χ0n) is 23.2. The van der Waals surface area contributed by atoms with Crippen LogP contribution >= 0.6 is 0 Å². The molecule has 9 N–H and O–H groups in total. The van der Waals surface area contributed by atoms with Crippen LogP contribution in [0.3, 0.4) is 0 Å². The van der Waals surface area contributed by atoms with Gasteiger partial charge in [0.25, 0.3) is 5.79 Å². The maximum absolute atomic E-state index is 12.4. The molecule has 1 aromatic carbocycles. The van der Waals surface area contributed by atoms with E-state index >= 15 is 0 Å². The molecule has 42 heavy (non-hydrogen) atoms. The van der Waals surface area contributed by atoms with Crippen LogP contribution in [-0.4, -0.2) is 134 Å². The second kappa shape index (κ2) is 14.0. The van der Waals surface area contributed by atoms with Crippen molar-refractivity contribution in [2.75, 3.05) is 13.2 Å². The summed E-state index contributed by atoms with van der Waals surface area (Å²) in [6.07, 6.45) is -16.1. The number of aliphatic hydroxyl groups excluding tert-OH is 6. The molecule has 2 amide bonds. The lowest BCUT2D eigenvalue weighted by Gasteiger charge is -2.47. The number of amides is 2. The van der Waals surface area contributed by atoms with Crippen molar-refractivity contribution in [3.63, 3.8) is 0 Å². The van der Waals surface area contributed by atoms with Crippen molar-refractivity contribution in [3.8, 4) is 5.75 Å². The molecule has 2 aliphatic heterocycles. The van der Waals surface area contributed by atoms with Crippen molar-refractivity contribution < 1.29 is 69.1 Å². The molecule has 0 saturated carbocycles. The highest BCUT2D eigenvalue weighted by atomic mass is 16.7. The van der Waals surface area contributed by atoms with Crippen LogP contribution in [0.4, 0.5) is 0 Å². The highest BCUT2D eigenvalue weighted by Gasteiger charge is 2.56. The number of aryl methyl sites for hydroxylation is 1. The Hall–Kier alpha value is -2.93. The van der Waals surface area contributed by atoms with E-state index in [2.05, 4.69) is 10.6 Å². The van der Waals surface area contributed by atoms with Crippen LogP contribution < -0.4 is 15.4 Å². The van der Waals surface area contributed by atoms with Crippen molar-refractivity contribution in [1.82, 2.24) is 10.6 Å². The number of carbonyl (C=O) groups is 3. The molecule has 0 spiro atoms. The molecule has 16 nitrogen and oxygen atoms in total. The number of carboxylic acids is 1. The van der Waals surface area contributed by atoms with Gasteiger partial charge in [0.05, 0.1) is 24.9 Å². The first kappa shape index (κ1) is 33.6. The zero-order valence-corrected chi connectivity index (χ0v) is 23.2. The first-order chi connectivity index (χ1) is 19.6. The van der Waals surface area contributed by atoms with Gasteiger partial charge in [0.1, 0.15) is 42.4 Å².